The number of rotatable bonds is 5. The monoisotopic (exact) mass is 349 g/mol. The van der Waals surface area contributed by atoms with Crippen LogP contribution >= 0.6 is 0 Å². The number of aromatic nitrogens is 2. The molecule has 0 bridgehead atoms. The van der Waals surface area contributed by atoms with E-state index in [1.807, 2.05) is 30.3 Å². The molecule has 7 nitrogen and oxygen atoms in total. The Hall–Kier alpha value is -3.74. The van der Waals surface area contributed by atoms with Crippen LogP contribution in [0.5, 0.6) is 0 Å². The van der Waals surface area contributed by atoms with Gasteiger partial charge in [0.05, 0.1) is 23.1 Å². The van der Waals surface area contributed by atoms with Crippen molar-refractivity contribution in [1.29, 1.82) is 0 Å². The molecule has 0 saturated heterocycles. The third-order valence-corrected chi connectivity index (χ3v) is 4.06. The topological polar surface area (TPSA) is 111 Å². The van der Waals surface area contributed by atoms with Gasteiger partial charge in [-0.2, -0.15) is 0 Å². The summed E-state index contributed by atoms with van der Waals surface area (Å²) >= 11 is 0. The normalized spacial score (nSPS) is 10.9. The van der Waals surface area contributed by atoms with Gasteiger partial charge in [-0.1, -0.05) is 12.1 Å². The van der Waals surface area contributed by atoms with E-state index in [2.05, 4.69) is 15.3 Å². The zero-order valence-electron chi connectivity index (χ0n) is 13.6. The van der Waals surface area contributed by atoms with Gasteiger partial charge < -0.3 is 24.8 Å². The fourth-order valence-corrected chi connectivity index (χ4v) is 2.74. The summed E-state index contributed by atoms with van der Waals surface area (Å²) in [5, 5.41) is 12.2. The predicted molar refractivity (Wildman–Crippen MR) is 97.3 cm³/mol. The molecule has 4 rings (SSSR count). The van der Waals surface area contributed by atoms with E-state index in [4.69, 9.17) is 9.52 Å². The molecule has 4 aromatic rings. The summed E-state index contributed by atoms with van der Waals surface area (Å²) in [6.07, 6.45) is 0. The first-order chi connectivity index (χ1) is 12.6. The Morgan fingerprint density at radius 2 is 1.77 bits per heavy atom. The van der Waals surface area contributed by atoms with E-state index in [0.717, 1.165) is 28.0 Å². The summed E-state index contributed by atoms with van der Waals surface area (Å²) in [5.41, 5.74) is 3.16. The molecule has 2 heterocycles. The molecule has 0 saturated carbocycles. The number of aromatic amines is 2. The first kappa shape index (κ1) is 15.8. The number of hydrogen-bond donors (Lipinski definition) is 4. The summed E-state index contributed by atoms with van der Waals surface area (Å²) in [5.74, 6) is 0.454. The molecule has 0 fully saturated rings. The molecule has 7 heteroatoms. The van der Waals surface area contributed by atoms with Crippen LogP contribution in [0.4, 0.5) is 5.69 Å². The summed E-state index contributed by atoms with van der Waals surface area (Å²) in [6.45, 7) is 0.480. The van der Waals surface area contributed by atoms with Gasteiger partial charge in [-0.15, -0.1) is 0 Å². The third-order valence-electron chi connectivity index (χ3n) is 4.06. The van der Waals surface area contributed by atoms with E-state index in [1.165, 1.54) is 0 Å². The van der Waals surface area contributed by atoms with Crippen LogP contribution in [0, 0.1) is 0 Å². The minimum absolute atomic E-state index is 0.234. The molecular weight excluding hydrogens is 334 g/mol. The average molecular weight is 349 g/mol. The maximum atomic E-state index is 11.3. The lowest BCUT2D eigenvalue weighted by Gasteiger charge is -2.04. The van der Waals surface area contributed by atoms with Crippen molar-refractivity contribution in [2.45, 2.75) is 6.54 Å². The van der Waals surface area contributed by atoms with Crippen LogP contribution in [-0.4, -0.2) is 21.0 Å². The number of H-pyrrole nitrogens is 2. The summed E-state index contributed by atoms with van der Waals surface area (Å²) in [7, 11) is 0. The van der Waals surface area contributed by atoms with Crippen molar-refractivity contribution in [1.82, 2.24) is 9.97 Å². The Bertz CT molecular complexity index is 1140. The number of fused-ring (bicyclic) bond motifs is 1. The number of benzene rings is 2. The number of aromatic carboxylic acids is 1. The van der Waals surface area contributed by atoms with Gasteiger partial charge in [0, 0.05) is 11.3 Å². The van der Waals surface area contributed by atoms with Gasteiger partial charge in [-0.25, -0.2) is 9.59 Å². The SMILES string of the molecule is O=C(O)c1ccc(-c2ccc(CNc3ccc4[nH]c(=O)[nH]c4c3)o2)cc1. The number of carboxylic acids is 1. The summed E-state index contributed by atoms with van der Waals surface area (Å²) in [6, 6.07) is 15.8. The Morgan fingerprint density at radius 1 is 1.00 bits per heavy atom. The zero-order chi connectivity index (χ0) is 18.1. The smallest absolute Gasteiger partial charge is 0.335 e. The highest BCUT2D eigenvalue weighted by Crippen LogP contribution is 2.23. The lowest BCUT2D eigenvalue weighted by atomic mass is 10.1. The van der Waals surface area contributed by atoms with Gasteiger partial charge >= 0.3 is 11.7 Å². The molecule has 0 atom stereocenters. The second-order valence-electron chi connectivity index (χ2n) is 5.84. The van der Waals surface area contributed by atoms with Crippen LogP contribution in [0.3, 0.4) is 0 Å². The van der Waals surface area contributed by atoms with Crippen LogP contribution in [0.1, 0.15) is 16.1 Å². The maximum absolute atomic E-state index is 11.3. The van der Waals surface area contributed by atoms with Crippen LogP contribution in [0.2, 0.25) is 0 Å². The van der Waals surface area contributed by atoms with E-state index in [-0.39, 0.29) is 11.3 Å². The van der Waals surface area contributed by atoms with E-state index in [9.17, 15) is 9.59 Å². The van der Waals surface area contributed by atoms with Crippen molar-refractivity contribution in [2.24, 2.45) is 0 Å². The number of carbonyl (C=O) groups is 1. The van der Waals surface area contributed by atoms with Gasteiger partial charge in [0.25, 0.3) is 0 Å². The highest BCUT2D eigenvalue weighted by Gasteiger charge is 2.07. The van der Waals surface area contributed by atoms with E-state index in [0.29, 0.717) is 12.3 Å². The molecule has 26 heavy (non-hydrogen) atoms. The molecule has 0 unspecified atom stereocenters. The van der Waals surface area contributed by atoms with Crippen molar-refractivity contribution < 1.29 is 14.3 Å². The Kier molecular flexibility index (Phi) is 3.81. The van der Waals surface area contributed by atoms with Gasteiger partial charge in [-0.05, 0) is 42.5 Å². The van der Waals surface area contributed by atoms with E-state index in [1.54, 1.807) is 24.3 Å². The number of imidazole rings is 1. The average Bonchev–Trinajstić information content (AvgIpc) is 3.25. The minimum Gasteiger partial charge on any atom is -0.478 e. The summed E-state index contributed by atoms with van der Waals surface area (Å²) in [4.78, 5) is 27.6. The van der Waals surface area contributed by atoms with Crippen molar-refractivity contribution in [3.05, 3.63) is 76.4 Å². The van der Waals surface area contributed by atoms with Crippen molar-refractivity contribution in [3.8, 4) is 11.3 Å². The van der Waals surface area contributed by atoms with Crippen LogP contribution in [-0.2, 0) is 6.54 Å². The lowest BCUT2D eigenvalue weighted by Crippen LogP contribution is -1.99. The predicted octanol–water partition coefficient (Wildman–Crippen LogP) is 3.43. The molecule has 0 aliphatic heterocycles. The molecule has 0 aliphatic rings. The fourth-order valence-electron chi connectivity index (χ4n) is 2.74. The van der Waals surface area contributed by atoms with Crippen molar-refractivity contribution >= 4 is 22.7 Å². The summed E-state index contributed by atoms with van der Waals surface area (Å²) < 4.78 is 5.81. The van der Waals surface area contributed by atoms with Gasteiger partial charge in [0.2, 0.25) is 0 Å². The Labute approximate surface area is 147 Å². The standard InChI is InChI=1S/C19H15N3O4/c23-18(24)12-3-1-11(2-4-12)17-8-6-14(26-17)10-20-13-5-7-15-16(9-13)22-19(25)21-15/h1-9,20H,10H2,(H,23,24)(H2,21,22,25). The number of nitrogens with one attached hydrogen (secondary N) is 3. The van der Waals surface area contributed by atoms with Crippen LogP contribution in [0.15, 0.2) is 63.8 Å². The molecule has 0 radical (unpaired) electrons. The van der Waals surface area contributed by atoms with Gasteiger partial charge in [0.15, 0.2) is 0 Å². The molecular formula is C19H15N3O4. The third kappa shape index (κ3) is 3.10. The fraction of sp³-hybridized carbons (Fsp3) is 0.0526. The number of anilines is 1. The zero-order valence-corrected chi connectivity index (χ0v) is 13.6. The largest absolute Gasteiger partial charge is 0.478 e. The van der Waals surface area contributed by atoms with E-state index < -0.39 is 5.97 Å². The van der Waals surface area contributed by atoms with E-state index >= 15 is 0 Å². The van der Waals surface area contributed by atoms with Gasteiger partial charge in [0.1, 0.15) is 11.5 Å². The van der Waals surface area contributed by atoms with Crippen molar-refractivity contribution in [3.63, 3.8) is 0 Å². The Balaban J connectivity index is 1.47. The molecule has 4 N–H and O–H groups in total. The lowest BCUT2D eigenvalue weighted by molar-refractivity contribution is 0.0697. The molecule has 2 aromatic heterocycles. The van der Waals surface area contributed by atoms with Crippen molar-refractivity contribution in [2.75, 3.05) is 5.32 Å². The highest BCUT2D eigenvalue weighted by atomic mass is 16.4. The molecule has 2 aromatic carbocycles. The molecule has 0 spiro atoms. The first-order valence-electron chi connectivity index (χ1n) is 7.97. The quantitative estimate of drug-likeness (QED) is 0.441. The van der Waals surface area contributed by atoms with Crippen LogP contribution in [0.25, 0.3) is 22.4 Å². The number of furan rings is 1. The number of hydrogen-bond acceptors (Lipinski definition) is 4. The first-order valence-corrected chi connectivity index (χ1v) is 7.97. The minimum atomic E-state index is -0.957. The Morgan fingerprint density at radius 3 is 2.54 bits per heavy atom. The highest BCUT2D eigenvalue weighted by molar-refractivity contribution is 5.88. The second kappa shape index (κ2) is 6.29. The molecule has 0 amide bonds. The van der Waals surface area contributed by atoms with Crippen LogP contribution < -0.4 is 11.0 Å². The molecule has 0 aliphatic carbocycles. The number of carboxylic acid groups (broad SMARTS) is 1. The van der Waals surface area contributed by atoms with Gasteiger partial charge in [-0.3, -0.25) is 0 Å². The molecule has 130 valence electrons. The second-order valence-corrected chi connectivity index (χ2v) is 5.84. The maximum Gasteiger partial charge on any atom is 0.335 e.